The number of hydrogen-bond donors (Lipinski definition) is 1. The highest BCUT2D eigenvalue weighted by molar-refractivity contribution is 6.00. The molecule has 1 aliphatic heterocycles. The van der Waals surface area contributed by atoms with Gasteiger partial charge in [-0.25, -0.2) is 0 Å². The Hall–Kier alpha value is -3.34. The molecule has 2 atom stereocenters. The van der Waals surface area contributed by atoms with Crippen LogP contribution in [0.4, 0.5) is 0 Å². The minimum atomic E-state index is -0.678. The molecule has 0 radical (unpaired) electrons. The lowest BCUT2D eigenvalue weighted by molar-refractivity contribution is -0.149. The van der Waals surface area contributed by atoms with Gasteiger partial charge in [-0.15, -0.1) is 0 Å². The highest BCUT2D eigenvalue weighted by atomic mass is 16.5. The van der Waals surface area contributed by atoms with Gasteiger partial charge in [0.15, 0.2) is 5.78 Å². The fraction of sp³-hybridized carbons (Fsp3) is 0.308. The lowest BCUT2D eigenvalue weighted by Gasteiger charge is -2.38. The van der Waals surface area contributed by atoms with Crippen LogP contribution >= 0.6 is 0 Å². The van der Waals surface area contributed by atoms with Gasteiger partial charge in [0.1, 0.15) is 18.3 Å². The van der Waals surface area contributed by atoms with E-state index in [2.05, 4.69) is 11.9 Å². The van der Waals surface area contributed by atoms with Gasteiger partial charge in [0, 0.05) is 29.3 Å². The molecule has 2 aliphatic rings. The first-order valence-corrected chi connectivity index (χ1v) is 10.7. The highest BCUT2D eigenvalue weighted by Crippen LogP contribution is 2.44. The quantitative estimate of drug-likeness (QED) is 0.693. The van der Waals surface area contributed by atoms with Crippen molar-refractivity contribution < 1.29 is 19.1 Å². The molecule has 0 bridgehead atoms. The molecule has 5 nitrogen and oxygen atoms in total. The van der Waals surface area contributed by atoms with E-state index in [1.54, 1.807) is 0 Å². The maximum Gasteiger partial charge on any atom is 0.316 e. The van der Waals surface area contributed by atoms with Crippen molar-refractivity contribution in [1.29, 1.82) is 0 Å². The molecule has 1 N–H and O–H groups in total. The molecule has 2 aromatic carbocycles. The van der Waals surface area contributed by atoms with E-state index in [0.29, 0.717) is 24.3 Å². The number of nitrogens with one attached hydrogen (secondary N) is 1. The molecule has 0 saturated carbocycles. The Labute approximate surface area is 182 Å². The Morgan fingerprint density at radius 1 is 1.10 bits per heavy atom. The summed E-state index contributed by atoms with van der Waals surface area (Å²) in [5.41, 5.74) is 3.94. The monoisotopic (exact) mass is 417 g/mol. The number of rotatable bonds is 6. The van der Waals surface area contributed by atoms with E-state index in [9.17, 15) is 9.59 Å². The van der Waals surface area contributed by atoms with Gasteiger partial charge in [0.25, 0.3) is 0 Å². The van der Waals surface area contributed by atoms with Crippen LogP contribution in [0.2, 0.25) is 0 Å². The van der Waals surface area contributed by atoms with Gasteiger partial charge in [-0.3, -0.25) is 9.59 Å². The zero-order chi connectivity index (χ0) is 21.8. The van der Waals surface area contributed by atoms with E-state index in [4.69, 9.17) is 9.47 Å². The van der Waals surface area contributed by atoms with E-state index in [0.717, 1.165) is 35.4 Å². The summed E-state index contributed by atoms with van der Waals surface area (Å²) >= 11 is 0. The summed E-state index contributed by atoms with van der Waals surface area (Å²) in [5, 5.41) is 3.25. The third-order valence-electron chi connectivity index (χ3n) is 5.82. The number of carbonyl (C=O) groups is 2. The number of Topliss-reactive ketones (excluding diaryl/α,β-unsaturated/α-hetero) is 1. The molecule has 0 saturated heterocycles. The Kier molecular flexibility index (Phi) is 6.21. The molecule has 2 aromatic rings. The fourth-order valence-electron chi connectivity index (χ4n) is 4.39. The maximum absolute atomic E-state index is 13.2. The van der Waals surface area contributed by atoms with Crippen molar-refractivity contribution >= 4 is 11.8 Å². The topological polar surface area (TPSA) is 64.6 Å². The summed E-state index contributed by atoms with van der Waals surface area (Å²) in [4.78, 5) is 26.2. The summed E-state index contributed by atoms with van der Waals surface area (Å²) in [7, 11) is 0. The van der Waals surface area contributed by atoms with Crippen LogP contribution in [0.5, 0.6) is 5.75 Å². The van der Waals surface area contributed by atoms with Gasteiger partial charge < -0.3 is 14.8 Å². The van der Waals surface area contributed by atoms with Crippen LogP contribution in [0.1, 0.15) is 43.2 Å². The van der Waals surface area contributed by atoms with Gasteiger partial charge in [-0.2, -0.15) is 0 Å². The first kappa shape index (κ1) is 20.9. The zero-order valence-corrected chi connectivity index (χ0v) is 17.7. The van der Waals surface area contributed by atoms with Crippen LogP contribution in [0.15, 0.2) is 78.1 Å². The first-order chi connectivity index (χ1) is 15.1. The third-order valence-corrected chi connectivity index (χ3v) is 5.82. The van der Waals surface area contributed by atoms with E-state index < -0.39 is 11.8 Å². The van der Waals surface area contributed by atoms with Crippen molar-refractivity contribution in [3.8, 4) is 5.75 Å². The maximum atomic E-state index is 13.2. The molecular weight excluding hydrogens is 390 g/mol. The predicted molar refractivity (Wildman–Crippen MR) is 118 cm³/mol. The van der Waals surface area contributed by atoms with Crippen molar-refractivity contribution in [2.45, 2.75) is 38.7 Å². The molecule has 31 heavy (non-hydrogen) atoms. The van der Waals surface area contributed by atoms with E-state index >= 15 is 0 Å². The van der Waals surface area contributed by atoms with Crippen molar-refractivity contribution in [3.63, 3.8) is 0 Å². The summed E-state index contributed by atoms with van der Waals surface area (Å²) in [6.45, 7) is 6.82. The Balaban J connectivity index is 1.67. The summed E-state index contributed by atoms with van der Waals surface area (Å²) in [6.07, 6.45) is 2.07. The second-order valence-corrected chi connectivity index (χ2v) is 7.87. The molecule has 5 heteroatoms. The molecule has 1 aliphatic carbocycles. The van der Waals surface area contributed by atoms with Crippen LogP contribution in [-0.2, 0) is 20.9 Å². The van der Waals surface area contributed by atoms with Gasteiger partial charge in [0.05, 0.1) is 6.61 Å². The Bertz CT molecular complexity index is 1010. The summed E-state index contributed by atoms with van der Waals surface area (Å²) in [6, 6.07) is 17.2. The Morgan fingerprint density at radius 2 is 1.84 bits per heavy atom. The van der Waals surface area contributed by atoms with Crippen molar-refractivity contribution in [2.75, 3.05) is 6.61 Å². The SMILES string of the molecule is C=C1NC2=C(C(=O)CCC2)C(c2ccc(OCC)cc2)C1C(=O)OCc1ccccc1. The number of allylic oxidation sites excluding steroid dienone is 2. The fourth-order valence-corrected chi connectivity index (χ4v) is 4.39. The van der Waals surface area contributed by atoms with Gasteiger partial charge in [-0.1, -0.05) is 49.0 Å². The van der Waals surface area contributed by atoms with Gasteiger partial charge in [-0.05, 0) is 43.0 Å². The van der Waals surface area contributed by atoms with Crippen LogP contribution < -0.4 is 10.1 Å². The molecule has 0 fully saturated rings. The first-order valence-electron chi connectivity index (χ1n) is 10.7. The van der Waals surface area contributed by atoms with E-state index in [1.807, 2.05) is 61.5 Å². The smallest absolute Gasteiger partial charge is 0.316 e. The van der Waals surface area contributed by atoms with Gasteiger partial charge in [0.2, 0.25) is 0 Å². The Morgan fingerprint density at radius 3 is 2.55 bits per heavy atom. The molecule has 2 unspecified atom stereocenters. The number of benzene rings is 2. The largest absolute Gasteiger partial charge is 0.494 e. The summed E-state index contributed by atoms with van der Waals surface area (Å²) in [5.74, 6) is -0.643. The molecule has 0 aromatic heterocycles. The molecular formula is C26H27NO4. The van der Waals surface area contributed by atoms with Gasteiger partial charge >= 0.3 is 5.97 Å². The summed E-state index contributed by atoms with van der Waals surface area (Å²) < 4.78 is 11.2. The predicted octanol–water partition coefficient (Wildman–Crippen LogP) is 4.65. The number of esters is 1. The second kappa shape index (κ2) is 9.21. The minimum Gasteiger partial charge on any atom is -0.494 e. The number of hydrogen-bond acceptors (Lipinski definition) is 5. The molecule has 1 heterocycles. The van der Waals surface area contributed by atoms with Crippen molar-refractivity contribution in [1.82, 2.24) is 5.32 Å². The standard InChI is InChI=1S/C26H27NO4/c1-3-30-20-14-12-19(13-15-20)24-23(26(29)31-16-18-8-5-4-6-9-18)17(2)27-21-10-7-11-22(28)25(21)24/h4-6,8-9,12-15,23-24,27H,2-3,7,10-11,16H2,1H3. The number of carbonyl (C=O) groups excluding carboxylic acids is 2. The number of ether oxygens (including phenoxy) is 2. The third kappa shape index (κ3) is 4.41. The van der Waals surface area contributed by atoms with Crippen LogP contribution in [0, 0.1) is 5.92 Å². The normalized spacial score (nSPS) is 20.7. The highest BCUT2D eigenvalue weighted by Gasteiger charge is 2.43. The number of ketones is 1. The van der Waals surface area contributed by atoms with Crippen LogP contribution in [-0.4, -0.2) is 18.4 Å². The average Bonchev–Trinajstić information content (AvgIpc) is 2.78. The van der Waals surface area contributed by atoms with E-state index in [1.165, 1.54) is 0 Å². The molecule has 0 spiro atoms. The second-order valence-electron chi connectivity index (χ2n) is 7.87. The lowest BCUT2D eigenvalue weighted by Crippen LogP contribution is -2.41. The zero-order valence-electron chi connectivity index (χ0n) is 17.7. The van der Waals surface area contributed by atoms with Crippen LogP contribution in [0.3, 0.4) is 0 Å². The van der Waals surface area contributed by atoms with Crippen molar-refractivity contribution in [3.05, 3.63) is 89.3 Å². The van der Waals surface area contributed by atoms with E-state index in [-0.39, 0.29) is 18.4 Å². The van der Waals surface area contributed by atoms with Crippen molar-refractivity contribution in [2.24, 2.45) is 5.92 Å². The molecule has 4 rings (SSSR count). The molecule has 160 valence electrons. The minimum absolute atomic E-state index is 0.0843. The molecule has 0 amide bonds. The lowest BCUT2D eigenvalue weighted by atomic mass is 9.71. The average molecular weight is 418 g/mol. The van der Waals surface area contributed by atoms with Crippen LogP contribution in [0.25, 0.3) is 0 Å².